The van der Waals surface area contributed by atoms with Crippen molar-refractivity contribution in [1.29, 1.82) is 5.26 Å². The summed E-state index contributed by atoms with van der Waals surface area (Å²) < 4.78 is 39.1. The molecule has 0 unspecified atom stereocenters. The van der Waals surface area contributed by atoms with Crippen molar-refractivity contribution in [1.82, 2.24) is 4.98 Å². The van der Waals surface area contributed by atoms with Crippen molar-refractivity contribution < 1.29 is 17.9 Å². The number of hydrogen-bond acceptors (Lipinski definition) is 4. The van der Waals surface area contributed by atoms with Gasteiger partial charge in [0.2, 0.25) is 5.88 Å². The molecular weight excluding hydrogens is 279 g/mol. The maximum atomic E-state index is 11.8. The molecule has 0 bridgehead atoms. The standard InChI is InChI=1S/C7H3BrF3N3O/c8-5-3(2-12)1-4(14-6(5)13)15-7(9,10)11/h1H,(H2,13,14). The SMILES string of the molecule is N#Cc1cc(OC(F)(F)F)nc(N)c1Br. The topological polar surface area (TPSA) is 71.9 Å². The molecule has 0 amide bonds. The lowest BCUT2D eigenvalue weighted by molar-refractivity contribution is -0.276. The molecule has 1 aromatic heterocycles. The van der Waals surface area contributed by atoms with Crippen LogP contribution in [0, 0.1) is 11.3 Å². The Morgan fingerprint density at radius 1 is 1.53 bits per heavy atom. The van der Waals surface area contributed by atoms with Crippen LogP contribution < -0.4 is 10.5 Å². The Kier molecular flexibility index (Phi) is 3.04. The van der Waals surface area contributed by atoms with E-state index in [1.54, 1.807) is 6.07 Å². The van der Waals surface area contributed by atoms with E-state index < -0.39 is 12.2 Å². The fraction of sp³-hybridized carbons (Fsp3) is 0.143. The number of ether oxygens (including phenoxy) is 1. The summed E-state index contributed by atoms with van der Waals surface area (Å²) in [6.07, 6.45) is -4.86. The van der Waals surface area contributed by atoms with Crippen LogP contribution in [0.4, 0.5) is 19.0 Å². The van der Waals surface area contributed by atoms with Crippen LogP contribution in [0.5, 0.6) is 5.88 Å². The van der Waals surface area contributed by atoms with Crippen molar-refractivity contribution in [2.45, 2.75) is 6.36 Å². The summed E-state index contributed by atoms with van der Waals surface area (Å²) in [6.45, 7) is 0. The van der Waals surface area contributed by atoms with Gasteiger partial charge >= 0.3 is 6.36 Å². The van der Waals surface area contributed by atoms with Crippen LogP contribution in [0.25, 0.3) is 0 Å². The Hall–Kier alpha value is -1.49. The molecule has 0 spiro atoms. The van der Waals surface area contributed by atoms with Crippen molar-refractivity contribution in [2.24, 2.45) is 0 Å². The number of hydrogen-bond donors (Lipinski definition) is 1. The number of nitrogens with zero attached hydrogens (tertiary/aromatic N) is 2. The third-order valence-corrected chi connectivity index (χ3v) is 2.13. The summed E-state index contributed by atoms with van der Waals surface area (Å²) in [5, 5.41) is 8.57. The van der Waals surface area contributed by atoms with Crippen molar-refractivity contribution >= 4 is 21.7 Å². The highest BCUT2D eigenvalue weighted by Crippen LogP contribution is 2.28. The first kappa shape index (κ1) is 11.6. The van der Waals surface area contributed by atoms with E-state index in [9.17, 15) is 13.2 Å². The van der Waals surface area contributed by atoms with E-state index in [1.165, 1.54) is 0 Å². The number of nitrogens with two attached hydrogens (primary N) is 1. The molecule has 2 N–H and O–H groups in total. The first-order valence-corrected chi connectivity index (χ1v) is 4.24. The second-order valence-corrected chi connectivity index (χ2v) is 3.16. The number of alkyl halides is 3. The Bertz CT molecular complexity index is 427. The zero-order valence-corrected chi connectivity index (χ0v) is 8.56. The third kappa shape index (κ3) is 2.99. The molecule has 1 aromatic rings. The largest absolute Gasteiger partial charge is 0.574 e. The fourth-order valence-corrected chi connectivity index (χ4v) is 1.07. The second-order valence-electron chi connectivity index (χ2n) is 2.37. The van der Waals surface area contributed by atoms with Crippen LogP contribution in [0.3, 0.4) is 0 Å². The Labute approximate surface area is 90.6 Å². The summed E-state index contributed by atoms with van der Waals surface area (Å²) in [4.78, 5) is 3.30. The number of anilines is 1. The van der Waals surface area contributed by atoms with Crippen LogP contribution in [0.15, 0.2) is 10.5 Å². The average molecular weight is 282 g/mol. The van der Waals surface area contributed by atoms with Gasteiger partial charge in [-0.05, 0) is 15.9 Å². The van der Waals surface area contributed by atoms with Gasteiger partial charge in [-0.25, -0.2) is 0 Å². The smallest absolute Gasteiger partial charge is 0.388 e. The molecule has 0 fully saturated rings. The van der Waals surface area contributed by atoms with E-state index in [0.29, 0.717) is 0 Å². The molecule has 0 aliphatic heterocycles. The molecule has 0 saturated carbocycles. The van der Waals surface area contributed by atoms with Gasteiger partial charge in [-0.15, -0.1) is 13.2 Å². The minimum atomic E-state index is -4.86. The zero-order valence-electron chi connectivity index (χ0n) is 6.97. The van der Waals surface area contributed by atoms with Crippen LogP contribution in [0.2, 0.25) is 0 Å². The number of pyridine rings is 1. The lowest BCUT2D eigenvalue weighted by Gasteiger charge is -2.09. The van der Waals surface area contributed by atoms with E-state index in [2.05, 4.69) is 25.7 Å². The van der Waals surface area contributed by atoms with Crippen LogP contribution >= 0.6 is 15.9 Å². The van der Waals surface area contributed by atoms with E-state index >= 15 is 0 Å². The number of nitrogen functional groups attached to an aromatic ring is 1. The third-order valence-electron chi connectivity index (χ3n) is 1.30. The second kappa shape index (κ2) is 3.94. The predicted octanol–water partition coefficient (Wildman–Crippen LogP) is 2.20. The summed E-state index contributed by atoms with van der Waals surface area (Å²) in [5.74, 6) is -1.01. The normalized spacial score (nSPS) is 10.9. The van der Waals surface area contributed by atoms with Gasteiger partial charge in [-0.3, -0.25) is 0 Å². The molecule has 0 aliphatic rings. The van der Waals surface area contributed by atoms with Gasteiger partial charge < -0.3 is 10.5 Å². The molecule has 8 heteroatoms. The predicted molar refractivity (Wildman–Crippen MR) is 47.7 cm³/mol. The molecule has 0 saturated heterocycles. The van der Waals surface area contributed by atoms with Crippen LogP contribution in [-0.2, 0) is 0 Å². The van der Waals surface area contributed by atoms with Gasteiger partial charge in [0.05, 0.1) is 10.0 Å². The fourth-order valence-electron chi connectivity index (χ4n) is 0.777. The first-order valence-electron chi connectivity index (χ1n) is 3.45. The maximum Gasteiger partial charge on any atom is 0.574 e. The summed E-state index contributed by atoms with van der Waals surface area (Å²) in [6, 6.07) is 2.49. The van der Waals surface area contributed by atoms with Gasteiger partial charge in [0.25, 0.3) is 0 Å². The quantitative estimate of drug-likeness (QED) is 0.857. The maximum absolute atomic E-state index is 11.8. The van der Waals surface area contributed by atoms with E-state index in [1.807, 2.05) is 0 Å². The molecule has 15 heavy (non-hydrogen) atoms. The van der Waals surface area contributed by atoms with Gasteiger partial charge in [0.1, 0.15) is 11.9 Å². The molecule has 0 aromatic carbocycles. The number of aromatic nitrogens is 1. The minimum absolute atomic E-state index is 0.0817. The lowest BCUT2D eigenvalue weighted by atomic mass is 10.3. The van der Waals surface area contributed by atoms with Crippen molar-refractivity contribution in [2.75, 3.05) is 5.73 Å². The zero-order chi connectivity index (χ0) is 11.6. The van der Waals surface area contributed by atoms with E-state index in [4.69, 9.17) is 11.0 Å². The average Bonchev–Trinajstić information content (AvgIpc) is 2.08. The number of halogens is 4. The molecule has 1 rings (SSSR count). The lowest BCUT2D eigenvalue weighted by Crippen LogP contribution is -2.18. The molecule has 80 valence electrons. The van der Waals surface area contributed by atoms with Crippen LogP contribution in [0.1, 0.15) is 5.56 Å². The van der Waals surface area contributed by atoms with Crippen molar-refractivity contribution in [3.05, 3.63) is 16.1 Å². The summed E-state index contributed by atoms with van der Waals surface area (Å²) >= 11 is 2.91. The van der Waals surface area contributed by atoms with Gasteiger partial charge in [0.15, 0.2) is 0 Å². The minimum Gasteiger partial charge on any atom is -0.388 e. The number of rotatable bonds is 1. The first-order chi connectivity index (χ1) is 6.83. The van der Waals surface area contributed by atoms with Crippen molar-refractivity contribution in [3.8, 4) is 11.9 Å². The summed E-state index contributed by atoms with van der Waals surface area (Å²) in [7, 11) is 0. The van der Waals surface area contributed by atoms with E-state index in [-0.39, 0.29) is 15.9 Å². The molecule has 0 aliphatic carbocycles. The van der Waals surface area contributed by atoms with Gasteiger partial charge in [0, 0.05) is 6.07 Å². The molecule has 0 radical (unpaired) electrons. The Balaban J connectivity index is 3.13. The highest BCUT2D eigenvalue weighted by molar-refractivity contribution is 9.10. The molecule has 0 atom stereocenters. The Morgan fingerprint density at radius 3 is 2.60 bits per heavy atom. The van der Waals surface area contributed by atoms with Crippen molar-refractivity contribution in [3.63, 3.8) is 0 Å². The van der Waals surface area contributed by atoms with Crippen LogP contribution in [-0.4, -0.2) is 11.3 Å². The Morgan fingerprint density at radius 2 is 2.13 bits per heavy atom. The number of nitriles is 1. The van der Waals surface area contributed by atoms with Gasteiger partial charge in [-0.1, -0.05) is 0 Å². The molecular formula is C7H3BrF3N3O. The van der Waals surface area contributed by atoms with E-state index in [0.717, 1.165) is 6.07 Å². The molecule has 4 nitrogen and oxygen atoms in total. The highest BCUT2D eigenvalue weighted by Gasteiger charge is 2.32. The monoisotopic (exact) mass is 281 g/mol. The molecule has 1 heterocycles. The van der Waals surface area contributed by atoms with Gasteiger partial charge in [-0.2, -0.15) is 10.2 Å². The summed E-state index contributed by atoms with van der Waals surface area (Å²) in [5.41, 5.74) is 5.18. The highest BCUT2D eigenvalue weighted by atomic mass is 79.9.